The van der Waals surface area contributed by atoms with Gasteiger partial charge in [-0.3, -0.25) is 9.10 Å². The van der Waals surface area contributed by atoms with Crippen LogP contribution < -0.4 is 9.62 Å². The SMILES string of the molecule is CN(CC(=O)Nc1cccc(S(=O)(=O)N(C)c2ccccc2)c1)C1=NS(=O)(=O)c2ccccc21. The molecule has 3 aromatic carbocycles. The Hall–Kier alpha value is -3.70. The first kappa shape index (κ1) is 23.5. The van der Waals surface area contributed by atoms with Crippen molar-refractivity contribution in [2.24, 2.45) is 4.40 Å². The summed E-state index contributed by atoms with van der Waals surface area (Å²) in [5.74, 6) is -0.287. The highest BCUT2D eigenvalue weighted by molar-refractivity contribution is 7.92. The molecular weight excluding hydrogens is 476 g/mol. The van der Waals surface area contributed by atoms with Gasteiger partial charge in [-0.1, -0.05) is 36.4 Å². The molecule has 11 heteroatoms. The van der Waals surface area contributed by atoms with Crippen LogP contribution >= 0.6 is 0 Å². The van der Waals surface area contributed by atoms with Crippen molar-refractivity contribution in [3.05, 3.63) is 84.4 Å². The number of carbonyl (C=O) groups excluding carboxylic acids is 1. The van der Waals surface area contributed by atoms with Crippen LogP contribution in [0.15, 0.2) is 93.1 Å². The van der Waals surface area contributed by atoms with Gasteiger partial charge >= 0.3 is 0 Å². The second-order valence-corrected chi connectivity index (χ2v) is 11.2. The smallest absolute Gasteiger partial charge is 0.285 e. The molecule has 0 atom stereocenters. The summed E-state index contributed by atoms with van der Waals surface area (Å²) in [5.41, 5.74) is 1.23. The highest BCUT2D eigenvalue weighted by atomic mass is 32.2. The summed E-state index contributed by atoms with van der Waals surface area (Å²) in [5, 5.41) is 2.66. The van der Waals surface area contributed by atoms with Crippen molar-refractivity contribution in [1.29, 1.82) is 0 Å². The van der Waals surface area contributed by atoms with Gasteiger partial charge in [0.1, 0.15) is 4.90 Å². The van der Waals surface area contributed by atoms with Crippen LogP contribution in [0.1, 0.15) is 5.56 Å². The van der Waals surface area contributed by atoms with E-state index in [-0.39, 0.29) is 22.2 Å². The van der Waals surface area contributed by atoms with E-state index in [0.717, 1.165) is 4.31 Å². The number of amidine groups is 1. The molecule has 0 unspecified atom stereocenters. The Labute approximate surface area is 198 Å². The Morgan fingerprint density at radius 2 is 1.62 bits per heavy atom. The largest absolute Gasteiger partial charge is 0.349 e. The van der Waals surface area contributed by atoms with Crippen LogP contribution in [0.4, 0.5) is 11.4 Å². The Morgan fingerprint density at radius 3 is 2.35 bits per heavy atom. The van der Waals surface area contributed by atoms with Crippen molar-refractivity contribution < 1.29 is 21.6 Å². The lowest BCUT2D eigenvalue weighted by atomic mass is 10.2. The van der Waals surface area contributed by atoms with Gasteiger partial charge in [-0.2, -0.15) is 8.42 Å². The fraction of sp³-hybridized carbons (Fsp3) is 0.130. The van der Waals surface area contributed by atoms with Crippen molar-refractivity contribution in [3.8, 4) is 0 Å². The van der Waals surface area contributed by atoms with Crippen molar-refractivity contribution >= 4 is 43.2 Å². The molecule has 0 spiro atoms. The molecule has 0 radical (unpaired) electrons. The first-order valence-corrected chi connectivity index (χ1v) is 13.1. The minimum absolute atomic E-state index is 0.0187. The summed E-state index contributed by atoms with van der Waals surface area (Å²) in [7, 11) is -4.63. The van der Waals surface area contributed by atoms with Crippen molar-refractivity contribution in [1.82, 2.24) is 4.90 Å². The van der Waals surface area contributed by atoms with Gasteiger partial charge in [-0.25, -0.2) is 8.42 Å². The molecule has 3 aromatic rings. The number of amides is 1. The minimum Gasteiger partial charge on any atom is -0.349 e. The number of carbonyl (C=O) groups is 1. The molecule has 9 nitrogen and oxygen atoms in total. The number of para-hydroxylation sites is 1. The van der Waals surface area contributed by atoms with Crippen molar-refractivity contribution in [2.75, 3.05) is 30.3 Å². The van der Waals surface area contributed by atoms with Crippen LogP contribution in [0.25, 0.3) is 0 Å². The van der Waals surface area contributed by atoms with E-state index in [9.17, 15) is 21.6 Å². The Balaban J connectivity index is 1.49. The topological polar surface area (TPSA) is 116 Å². The van der Waals surface area contributed by atoms with Gasteiger partial charge in [-0.15, -0.1) is 4.40 Å². The summed E-state index contributed by atoms with van der Waals surface area (Å²) in [6.45, 7) is -0.191. The lowest BCUT2D eigenvalue weighted by Crippen LogP contribution is -2.35. The first-order valence-electron chi connectivity index (χ1n) is 10.2. The normalized spacial score (nSPS) is 14.1. The van der Waals surface area contributed by atoms with Crippen LogP contribution in [0.2, 0.25) is 0 Å². The van der Waals surface area contributed by atoms with Gasteiger partial charge in [0.25, 0.3) is 20.0 Å². The molecule has 1 aliphatic rings. The van der Waals surface area contributed by atoms with Crippen LogP contribution in [-0.4, -0.2) is 54.1 Å². The monoisotopic (exact) mass is 498 g/mol. The highest BCUT2D eigenvalue weighted by Gasteiger charge is 2.31. The molecule has 1 heterocycles. The van der Waals surface area contributed by atoms with Gasteiger partial charge in [-0.05, 0) is 42.5 Å². The molecule has 0 fully saturated rings. The van der Waals surface area contributed by atoms with E-state index in [0.29, 0.717) is 16.9 Å². The van der Waals surface area contributed by atoms with Crippen LogP contribution in [0.3, 0.4) is 0 Å². The zero-order valence-corrected chi connectivity index (χ0v) is 20.0. The number of likely N-dealkylation sites (N-methyl/N-ethyl adjacent to an activating group) is 1. The summed E-state index contributed by atoms with van der Waals surface area (Å²) >= 11 is 0. The van der Waals surface area contributed by atoms with E-state index in [1.165, 1.54) is 36.2 Å². The number of hydrogen-bond acceptors (Lipinski definition) is 6. The molecule has 0 saturated heterocycles. The Bertz CT molecular complexity index is 1490. The van der Waals surface area contributed by atoms with Gasteiger partial charge in [0, 0.05) is 25.3 Å². The van der Waals surface area contributed by atoms with E-state index in [1.54, 1.807) is 61.6 Å². The lowest BCUT2D eigenvalue weighted by Gasteiger charge is -2.20. The molecule has 0 aliphatic carbocycles. The average molecular weight is 499 g/mol. The minimum atomic E-state index is -3.85. The van der Waals surface area contributed by atoms with Crippen molar-refractivity contribution in [3.63, 3.8) is 0 Å². The van der Waals surface area contributed by atoms with Gasteiger partial charge in [0.15, 0.2) is 5.84 Å². The molecule has 176 valence electrons. The fourth-order valence-electron chi connectivity index (χ4n) is 3.52. The van der Waals surface area contributed by atoms with E-state index in [2.05, 4.69) is 9.71 Å². The van der Waals surface area contributed by atoms with E-state index in [4.69, 9.17) is 0 Å². The molecule has 0 saturated carbocycles. The van der Waals surface area contributed by atoms with E-state index < -0.39 is 26.0 Å². The maximum Gasteiger partial charge on any atom is 0.285 e. The van der Waals surface area contributed by atoms with Crippen LogP contribution in [0, 0.1) is 0 Å². The maximum atomic E-state index is 13.0. The molecule has 1 N–H and O–H groups in total. The highest BCUT2D eigenvalue weighted by Crippen LogP contribution is 2.27. The second kappa shape index (κ2) is 8.92. The Morgan fingerprint density at radius 1 is 0.941 bits per heavy atom. The Kier molecular flexibility index (Phi) is 6.15. The molecule has 0 aromatic heterocycles. The standard InChI is InChI=1S/C23H22N4O5S2/c1-26(23-20-13-6-7-14-21(20)33(29,30)25-23)16-22(28)24-17-9-8-12-19(15-17)34(31,32)27(2)18-10-4-3-5-11-18/h3-15H,16H2,1-2H3,(H,24,28). The second-order valence-electron chi connectivity index (χ2n) is 7.63. The molecule has 1 amide bonds. The summed E-state index contributed by atoms with van der Waals surface area (Å²) in [6, 6.07) is 21.0. The first-order chi connectivity index (χ1) is 16.1. The van der Waals surface area contributed by atoms with Gasteiger partial charge in [0.05, 0.1) is 17.1 Å². The maximum absolute atomic E-state index is 13.0. The van der Waals surface area contributed by atoms with Gasteiger partial charge < -0.3 is 10.2 Å². The molecule has 0 bridgehead atoms. The van der Waals surface area contributed by atoms with Crippen LogP contribution in [-0.2, 0) is 24.8 Å². The molecule has 4 rings (SSSR count). The molecule has 1 aliphatic heterocycles. The number of benzene rings is 3. The number of nitrogens with zero attached hydrogens (tertiary/aromatic N) is 3. The quantitative estimate of drug-likeness (QED) is 0.558. The molecule has 34 heavy (non-hydrogen) atoms. The number of anilines is 2. The number of sulfonamides is 2. The zero-order chi connectivity index (χ0) is 24.5. The fourth-order valence-corrected chi connectivity index (χ4v) is 6.02. The zero-order valence-electron chi connectivity index (χ0n) is 18.4. The predicted molar refractivity (Wildman–Crippen MR) is 130 cm³/mol. The lowest BCUT2D eigenvalue weighted by molar-refractivity contribution is -0.116. The third kappa shape index (κ3) is 4.52. The van der Waals surface area contributed by atoms with Crippen molar-refractivity contribution in [2.45, 2.75) is 9.79 Å². The number of hydrogen-bond donors (Lipinski definition) is 1. The predicted octanol–water partition coefficient (Wildman–Crippen LogP) is 2.53. The number of rotatable bonds is 6. The third-order valence-electron chi connectivity index (χ3n) is 5.25. The van der Waals surface area contributed by atoms with Gasteiger partial charge in [0.2, 0.25) is 5.91 Å². The third-order valence-corrected chi connectivity index (χ3v) is 8.36. The van der Waals surface area contributed by atoms with E-state index in [1.807, 2.05) is 0 Å². The number of fused-ring (bicyclic) bond motifs is 1. The summed E-state index contributed by atoms with van der Waals surface area (Å²) in [4.78, 5) is 14.2. The summed E-state index contributed by atoms with van der Waals surface area (Å²) < 4.78 is 55.5. The average Bonchev–Trinajstić information content (AvgIpc) is 3.10. The molecular formula is C23H22N4O5S2. The number of nitrogens with one attached hydrogen (secondary N) is 1. The van der Waals surface area contributed by atoms with Crippen LogP contribution in [0.5, 0.6) is 0 Å². The van der Waals surface area contributed by atoms with E-state index >= 15 is 0 Å². The summed E-state index contributed by atoms with van der Waals surface area (Å²) in [6.07, 6.45) is 0.